The lowest BCUT2D eigenvalue weighted by Gasteiger charge is -2.35. The molecule has 5 heterocycles. The molecule has 10 atom stereocenters. The molecule has 2 aromatic heterocycles. The van der Waals surface area contributed by atoms with Crippen molar-refractivity contribution in [2.45, 2.75) is 49.1 Å². The van der Waals surface area contributed by atoms with Gasteiger partial charge in [0.2, 0.25) is 0 Å². The van der Waals surface area contributed by atoms with Gasteiger partial charge >= 0.3 is 15.6 Å². The number of aromatic nitrogens is 4. The normalized spacial score (nSPS) is 31.1. The Balaban J connectivity index is 1.01. The second kappa shape index (κ2) is 15.4. The summed E-state index contributed by atoms with van der Waals surface area (Å²) in [6, 6.07) is 0. The molecular weight excluding hydrogens is 714 g/mol. The third kappa shape index (κ3) is 8.63. The maximum absolute atomic E-state index is 12.5. The van der Waals surface area contributed by atoms with Crippen LogP contribution in [0.2, 0.25) is 0 Å². The first-order valence-corrected chi connectivity index (χ1v) is 16.6. The van der Waals surface area contributed by atoms with Gasteiger partial charge in [-0.05, 0) is 11.1 Å². The Hall–Kier alpha value is -3.08. The number of nitrogens with one attached hydrogen (secondary N) is 1. The number of anilines is 1. The van der Waals surface area contributed by atoms with Crippen LogP contribution in [-0.2, 0) is 56.9 Å². The molecule has 28 heteroatoms. The Kier molecular flexibility index (Phi) is 11.7. The lowest BCUT2D eigenvalue weighted by atomic mass is 10.1. The highest BCUT2D eigenvalue weighted by molar-refractivity contribution is 7.47. The third-order valence-corrected chi connectivity index (χ3v) is 8.28. The van der Waals surface area contributed by atoms with Crippen LogP contribution in [0.25, 0.3) is 11.2 Å². The quantitative estimate of drug-likeness (QED) is 0.0213. The molecule has 0 aliphatic carbocycles. The molecule has 0 radical (unpaired) electrons. The maximum atomic E-state index is 12.5. The first-order valence-electron chi connectivity index (χ1n) is 13.6. The minimum Gasteiger partial charge on any atom is -0.847 e. The standard InChI is InChI=1S/C21H29N8O18P2/c22-17-12-18(25-7-24-17)29(8-26-12)21-16(33)13(30)10(42-21)5-39-43-45-49(37,38)47-44-46-48(35,36)40-6-11-14(31)15(32)20(41-11)28-3-1-9(2-4-28)19(34)27-23/h1-3,7-8,10-11,13-16,20-21,30-31,33H,4-6,23H2,(H,27,34)(H,35,36)(H,37,38)(H2,22,24,25)/q-1/t10-,11-,13+,14-,15-,16-,20-,21-/m1/s1. The molecule has 49 heavy (non-hydrogen) atoms. The molecule has 0 saturated carbocycles. The van der Waals surface area contributed by atoms with Crippen LogP contribution in [0, 0.1) is 0 Å². The van der Waals surface area contributed by atoms with Crippen molar-refractivity contribution >= 4 is 38.5 Å². The monoisotopic (exact) mass is 743 g/mol. The Morgan fingerprint density at radius 1 is 1.00 bits per heavy atom. The minimum absolute atomic E-state index is 0.0318. The lowest BCUT2D eigenvalue weighted by Crippen LogP contribution is -2.50. The molecule has 2 fully saturated rings. The van der Waals surface area contributed by atoms with E-state index in [1.54, 1.807) is 0 Å². The Labute approximate surface area is 272 Å². The van der Waals surface area contributed by atoms with Gasteiger partial charge in [0.05, 0.1) is 19.0 Å². The van der Waals surface area contributed by atoms with Crippen molar-refractivity contribution in [3.05, 3.63) is 36.6 Å². The predicted octanol–water partition coefficient (Wildman–Crippen LogP) is -4.43. The van der Waals surface area contributed by atoms with Gasteiger partial charge in [-0.2, -0.15) is 0 Å². The SMILES string of the molecule is NNC(=O)C1=CCN([C@@H]2O[C@H](COP(=O)(O)OOOP(=O)(O)OOOC[C@H]3O[C@@H](n4cnc5c(N)ncnc54)[C@H](O)[C@H]3O)[C@@H](O)[C@H]2[O-])C=C1. The second-order valence-corrected chi connectivity index (χ2v) is 12.8. The van der Waals surface area contributed by atoms with Crippen molar-refractivity contribution in [3.8, 4) is 0 Å². The van der Waals surface area contributed by atoms with Crippen LogP contribution in [0.15, 0.2) is 36.6 Å². The van der Waals surface area contributed by atoms with Gasteiger partial charge in [0.1, 0.15) is 49.1 Å². The van der Waals surface area contributed by atoms with Crippen molar-refractivity contribution in [3.63, 3.8) is 0 Å². The average Bonchev–Trinajstić information content (AvgIpc) is 3.72. The summed E-state index contributed by atoms with van der Waals surface area (Å²) in [5, 5.41) is 51.4. The number of carbonyl (C=O) groups is 1. The van der Waals surface area contributed by atoms with Crippen LogP contribution in [-0.4, -0.2) is 118 Å². The molecule has 26 nitrogen and oxygen atoms in total. The molecule has 0 bridgehead atoms. The van der Waals surface area contributed by atoms with Gasteiger partial charge in [0, 0.05) is 18.3 Å². The molecule has 2 aromatic rings. The Morgan fingerprint density at radius 3 is 2.41 bits per heavy atom. The molecule has 3 aliphatic heterocycles. The van der Waals surface area contributed by atoms with Crippen molar-refractivity contribution in [1.82, 2.24) is 29.8 Å². The van der Waals surface area contributed by atoms with Crippen LogP contribution in [0.5, 0.6) is 0 Å². The highest BCUT2D eigenvalue weighted by Crippen LogP contribution is 2.49. The first-order chi connectivity index (χ1) is 23.2. The summed E-state index contributed by atoms with van der Waals surface area (Å²) in [6.45, 7) is -1.55. The topological polar surface area (TPSA) is 369 Å². The Morgan fingerprint density at radius 2 is 1.69 bits per heavy atom. The molecule has 2 unspecified atom stereocenters. The number of phosphoric ester groups is 1. The van der Waals surface area contributed by atoms with Gasteiger partial charge < -0.3 is 45.4 Å². The van der Waals surface area contributed by atoms with Gasteiger partial charge in [0.15, 0.2) is 17.7 Å². The fraction of sp³-hybridized carbons (Fsp3) is 0.524. The molecule has 2 saturated heterocycles. The number of phosphoric acid groups is 2. The van der Waals surface area contributed by atoms with E-state index in [1.165, 1.54) is 34.1 Å². The van der Waals surface area contributed by atoms with E-state index in [2.05, 4.69) is 48.5 Å². The van der Waals surface area contributed by atoms with Crippen molar-refractivity contribution in [2.75, 3.05) is 25.5 Å². The average molecular weight is 743 g/mol. The Bertz CT molecular complexity index is 1650. The van der Waals surface area contributed by atoms with E-state index in [-0.39, 0.29) is 29.1 Å². The number of amides is 1. The number of rotatable bonds is 15. The molecule has 0 spiro atoms. The highest BCUT2D eigenvalue weighted by Gasteiger charge is 2.45. The molecule has 1 amide bonds. The molecular formula is C21H29N8O18P2-. The van der Waals surface area contributed by atoms with E-state index in [4.69, 9.17) is 21.1 Å². The third-order valence-electron chi connectivity index (χ3n) is 7.06. The van der Waals surface area contributed by atoms with Gasteiger partial charge in [-0.15, -0.1) is 0 Å². The van der Waals surface area contributed by atoms with Crippen LogP contribution in [0.1, 0.15) is 6.23 Å². The molecule has 5 rings (SSSR count). The van der Waals surface area contributed by atoms with Crippen LogP contribution >= 0.6 is 15.6 Å². The van der Waals surface area contributed by atoms with E-state index in [0.717, 1.165) is 6.33 Å². The smallest absolute Gasteiger partial charge is 0.531 e. The molecule has 0 aromatic carbocycles. The number of ether oxygens (including phenoxy) is 2. The van der Waals surface area contributed by atoms with E-state index in [0.29, 0.717) is 0 Å². The minimum atomic E-state index is -5.37. The first kappa shape index (κ1) is 37.2. The summed E-state index contributed by atoms with van der Waals surface area (Å²) in [7, 11) is -10.6. The van der Waals surface area contributed by atoms with Crippen LogP contribution in [0.4, 0.5) is 5.82 Å². The molecule has 272 valence electrons. The number of aliphatic hydroxyl groups is 3. The number of hydrazine groups is 1. The number of hydrogen-bond donors (Lipinski definition) is 8. The fourth-order valence-electron chi connectivity index (χ4n) is 4.67. The predicted molar refractivity (Wildman–Crippen MR) is 147 cm³/mol. The number of aliphatic hydroxyl groups excluding tert-OH is 3. The largest absolute Gasteiger partial charge is 0.847 e. The highest BCUT2D eigenvalue weighted by atomic mass is 31.2. The van der Waals surface area contributed by atoms with Crippen molar-refractivity contribution in [1.29, 1.82) is 0 Å². The summed E-state index contributed by atoms with van der Waals surface area (Å²) < 4.78 is 52.6. The van der Waals surface area contributed by atoms with Gasteiger partial charge in [0.25, 0.3) is 5.91 Å². The van der Waals surface area contributed by atoms with Gasteiger partial charge in [-0.3, -0.25) is 24.2 Å². The summed E-state index contributed by atoms with van der Waals surface area (Å²) in [4.78, 5) is 48.7. The van der Waals surface area contributed by atoms with Gasteiger partial charge in [-0.25, -0.2) is 34.8 Å². The lowest BCUT2D eigenvalue weighted by molar-refractivity contribution is -0.494. The summed E-state index contributed by atoms with van der Waals surface area (Å²) >= 11 is 0. The van der Waals surface area contributed by atoms with E-state index >= 15 is 0 Å². The van der Waals surface area contributed by atoms with Crippen molar-refractivity contribution < 1.29 is 87.1 Å². The van der Waals surface area contributed by atoms with Crippen molar-refractivity contribution in [2.24, 2.45) is 5.84 Å². The maximum Gasteiger partial charge on any atom is 0.531 e. The second-order valence-electron chi connectivity index (χ2n) is 10.2. The molecule has 3 aliphatic rings. The zero-order chi connectivity index (χ0) is 35.5. The summed E-state index contributed by atoms with van der Waals surface area (Å²) in [5.41, 5.74) is 8.31. The van der Waals surface area contributed by atoms with E-state index in [1.807, 2.05) is 5.43 Å². The van der Waals surface area contributed by atoms with Crippen LogP contribution < -0.4 is 22.1 Å². The van der Waals surface area contributed by atoms with E-state index in [9.17, 15) is 44.1 Å². The fourth-order valence-corrected chi connectivity index (χ4v) is 5.46. The zero-order valence-electron chi connectivity index (χ0n) is 24.5. The number of hydrogen-bond acceptors (Lipinski definition) is 22. The van der Waals surface area contributed by atoms with Gasteiger partial charge in [-0.1, -0.05) is 31.2 Å². The number of carbonyl (C=O) groups excluding carboxylic acids is 1. The number of imidazole rings is 1. The zero-order valence-corrected chi connectivity index (χ0v) is 26.2. The number of nitrogens with zero attached hydrogens (tertiary/aromatic N) is 5. The number of fused-ring (bicyclic) bond motifs is 1. The summed E-state index contributed by atoms with van der Waals surface area (Å²) in [5.74, 6) is 4.57. The summed E-state index contributed by atoms with van der Waals surface area (Å²) in [6.07, 6.45) is -5.22. The number of nitrogens with two attached hydrogens (primary N) is 2. The number of nitrogen functional groups attached to an aromatic ring is 1. The van der Waals surface area contributed by atoms with Crippen LogP contribution in [0.3, 0.4) is 0 Å². The molecule has 10 N–H and O–H groups in total. The van der Waals surface area contributed by atoms with E-state index < -0.39 is 83.8 Å².